The fourth-order valence-electron chi connectivity index (χ4n) is 1.75. The van der Waals surface area contributed by atoms with Crippen molar-refractivity contribution in [3.05, 3.63) is 29.8 Å². The molecule has 0 aromatic heterocycles. The van der Waals surface area contributed by atoms with Crippen LogP contribution in [0, 0.1) is 0 Å². The number of ether oxygens (including phenoxy) is 2. The zero-order chi connectivity index (χ0) is 13.9. The van der Waals surface area contributed by atoms with Gasteiger partial charge in [0.05, 0.1) is 13.7 Å². The van der Waals surface area contributed by atoms with Crippen LogP contribution in [0.15, 0.2) is 24.3 Å². The average Bonchev–Trinajstić information content (AvgIpc) is 2.45. The number of para-hydroxylation sites is 1. The summed E-state index contributed by atoms with van der Waals surface area (Å²) >= 11 is 3.41. The summed E-state index contributed by atoms with van der Waals surface area (Å²) in [5.74, 6) is 0.692. The second kappa shape index (κ2) is 9.84. The Balaban J connectivity index is 2.41. The van der Waals surface area contributed by atoms with Crippen LogP contribution in [-0.4, -0.2) is 25.0 Å². The van der Waals surface area contributed by atoms with Crippen molar-refractivity contribution in [2.45, 2.75) is 32.1 Å². The molecule has 0 bridgehead atoms. The minimum atomic E-state index is -0.188. The topological polar surface area (TPSA) is 35.5 Å². The van der Waals surface area contributed by atoms with Crippen LogP contribution in [0.2, 0.25) is 0 Å². The number of carbonyl (C=O) groups excluding carboxylic acids is 1. The van der Waals surface area contributed by atoms with Crippen molar-refractivity contribution >= 4 is 21.9 Å². The van der Waals surface area contributed by atoms with Crippen LogP contribution in [0.3, 0.4) is 0 Å². The molecule has 0 amide bonds. The Kier molecular flexibility index (Phi) is 8.30. The smallest absolute Gasteiger partial charge is 0.305 e. The number of halogens is 1. The summed E-state index contributed by atoms with van der Waals surface area (Å²) in [5, 5.41) is 1.04. The number of hydrogen-bond acceptors (Lipinski definition) is 3. The molecule has 3 nitrogen and oxygen atoms in total. The first-order valence-corrected chi connectivity index (χ1v) is 7.73. The summed E-state index contributed by atoms with van der Waals surface area (Å²) in [6.07, 6.45) is 4.44. The maximum Gasteiger partial charge on any atom is 0.305 e. The molecule has 1 rings (SSSR count). The van der Waals surface area contributed by atoms with Crippen LogP contribution >= 0.6 is 15.9 Å². The van der Waals surface area contributed by atoms with E-state index in [0.717, 1.165) is 36.1 Å². The monoisotopic (exact) mass is 328 g/mol. The Hall–Kier alpha value is -1.03. The standard InChI is InChI=1S/C15H21BrO3/c1-18-15(17)10-9-13-7-3-4-8-14(13)19-12-6-2-5-11-16/h3-4,7-8H,2,5-6,9-12H2,1H3. The number of rotatable bonds is 9. The maximum atomic E-state index is 11.2. The van der Waals surface area contributed by atoms with Crippen molar-refractivity contribution in [3.63, 3.8) is 0 Å². The van der Waals surface area contributed by atoms with Gasteiger partial charge in [0.2, 0.25) is 0 Å². The van der Waals surface area contributed by atoms with Crippen molar-refractivity contribution < 1.29 is 14.3 Å². The summed E-state index contributed by atoms with van der Waals surface area (Å²) in [4.78, 5) is 11.2. The molecule has 106 valence electrons. The molecule has 0 heterocycles. The van der Waals surface area contributed by atoms with E-state index in [1.807, 2.05) is 24.3 Å². The van der Waals surface area contributed by atoms with E-state index >= 15 is 0 Å². The van der Waals surface area contributed by atoms with Crippen LogP contribution in [0.4, 0.5) is 0 Å². The summed E-state index contributed by atoms with van der Waals surface area (Å²) in [6.45, 7) is 0.724. The van der Waals surface area contributed by atoms with Gasteiger partial charge in [-0.25, -0.2) is 0 Å². The summed E-state index contributed by atoms with van der Waals surface area (Å²) < 4.78 is 10.4. The molecule has 0 N–H and O–H groups in total. The molecule has 0 unspecified atom stereocenters. The lowest BCUT2D eigenvalue weighted by Gasteiger charge is -2.11. The van der Waals surface area contributed by atoms with Gasteiger partial charge in [0.15, 0.2) is 0 Å². The molecule has 1 aromatic rings. The Bertz CT molecular complexity index is 379. The fraction of sp³-hybridized carbons (Fsp3) is 0.533. The second-order valence-corrected chi connectivity index (χ2v) is 5.07. The van der Waals surface area contributed by atoms with E-state index in [-0.39, 0.29) is 5.97 Å². The molecule has 0 atom stereocenters. The normalized spacial score (nSPS) is 10.2. The minimum absolute atomic E-state index is 0.188. The van der Waals surface area contributed by atoms with Crippen LogP contribution < -0.4 is 4.74 Å². The van der Waals surface area contributed by atoms with E-state index in [0.29, 0.717) is 12.8 Å². The third kappa shape index (κ3) is 6.62. The molecule has 1 aromatic carbocycles. The molecule has 19 heavy (non-hydrogen) atoms. The highest BCUT2D eigenvalue weighted by molar-refractivity contribution is 9.09. The predicted molar refractivity (Wildman–Crippen MR) is 79.9 cm³/mol. The number of benzene rings is 1. The fourth-order valence-corrected chi connectivity index (χ4v) is 2.14. The lowest BCUT2D eigenvalue weighted by atomic mass is 10.1. The first-order chi connectivity index (χ1) is 9.27. The Morgan fingerprint density at radius 3 is 2.74 bits per heavy atom. The SMILES string of the molecule is COC(=O)CCc1ccccc1OCCCCCBr. The van der Waals surface area contributed by atoms with Crippen molar-refractivity contribution in [2.24, 2.45) is 0 Å². The minimum Gasteiger partial charge on any atom is -0.493 e. The van der Waals surface area contributed by atoms with Gasteiger partial charge in [0.25, 0.3) is 0 Å². The Morgan fingerprint density at radius 1 is 1.21 bits per heavy atom. The van der Waals surface area contributed by atoms with Gasteiger partial charge in [-0.15, -0.1) is 0 Å². The Labute approximate surface area is 123 Å². The number of unbranched alkanes of at least 4 members (excludes halogenated alkanes) is 2. The molecule has 0 saturated heterocycles. The van der Waals surface area contributed by atoms with Gasteiger partial charge in [-0.2, -0.15) is 0 Å². The number of carbonyl (C=O) groups is 1. The van der Waals surface area contributed by atoms with E-state index in [4.69, 9.17) is 4.74 Å². The van der Waals surface area contributed by atoms with Gasteiger partial charge in [-0.05, 0) is 37.3 Å². The van der Waals surface area contributed by atoms with Gasteiger partial charge in [0, 0.05) is 11.8 Å². The van der Waals surface area contributed by atoms with Crippen molar-refractivity contribution in [1.29, 1.82) is 0 Å². The quantitative estimate of drug-likeness (QED) is 0.393. The molecular formula is C15H21BrO3. The van der Waals surface area contributed by atoms with Gasteiger partial charge in [0.1, 0.15) is 5.75 Å². The molecule has 0 fully saturated rings. The van der Waals surface area contributed by atoms with E-state index in [1.165, 1.54) is 13.5 Å². The Morgan fingerprint density at radius 2 is 2.00 bits per heavy atom. The van der Waals surface area contributed by atoms with Crippen LogP contribution in [-0.2, 0) is 16.0 Å². The molecule has 0 aliphatic rings. The molecule has 4 heteroatoms. The third-order valence-corrected chi connectivity index (χ3v) is 3.40. The number of hydrogen-bond donors (Lipinski definition) is 0. The summed E-state index contributed by atoms with van der Waals surface area (Å²) in [5.41, 5.74) is 1.06. The van der Waals surface area contributed by atoms with Crippen LogP contribution in [0.1, 0.15) is 31.2 Å². The van der Waals surface area contributed by atoms with E-state index in [1.54, 1.807) is 0 Å². The van der Waals surface area contributed by atoms with Crippen LogP contribution in [0.5, 0.6) is 5.75 Å². The zero-order valence-electron chi connectivity index (χ0n) is 11.4. The molecule has 0 aliphatic heterocycles. The lowest BCUT2D eigenvalue weighted by molar-refractivity contribution is -0.140. The highest BCUT2D eigenvalue weighted by Crippen LogP contribution is 2.20. The second-order valence-electron chi connectivity index (χ2n) is 4.28. The highest BCUT2D eigenvalue weighted by Gasteiger charge is 2.06. The van der Waals surface area contributed by atoms with E-state index in [9.17, 15) is 4.79 Å². The lowest BCUT2D eigenvalue weighted by Crippen LogP contribution is -2.04. The number of esters is 1. The zero-order valence-corrected chi connectivity index (χ0v) is 12.9. The summed E-state index contributed by atoms with van der Waals surface area (Å²) in [7, 11) is 1.41. The first-order valence-electron chi connectivity index (χ1n) is 6.61. The van der Waals surface area contributed by atoms with Crippen molar-refractivity contribution in [3.8, 4) is 5.75 Å². The van der Waals surface area contributed by atoms with Crippen molar-refractivity contribution in [1.82, 2.24) is 0 Å². The molecule has 0 spiro atoms. The van der Waals surface area contributed by atoms with Gasteiger partial charge in [-0.3, -0.25) is 4.79 Å². The average molecular weight is 329 g/mol. The molecule has 0 radical (unpaired) electrons. The van der Waals surface area contributed by atoms with Gasteiger partial charge < -0.3 is 9.47 Å². The third-order valence-electron chi connectivity index (χ3n) is 2.83. The number of aryl methyl sites for hydroxylation is 1. The van der Waals surface area contributed by atoms with Crippen LogP contribution in [0.25, 0.3) is 0 Å². The van der Waals surface area contributed by atoms with Gasteiger partial charge in [-0.1, -0.05) is 34.1 Å². The summed E-state index contributed by atoms with van der Waals surface area (Å²) in [6, 6.07) is 7.87. The van der Waals surface area contributed by atoms with Gasteiger partial charge >= 0.3 is 5.97 Å². The predicted octanol–water partition coefficient (Wildman–Crippen LogP) is 3.74. The number of methoxy groups -OCH3 is 1. The first kappa shape index (κ1) is 16.0. The van der Waals surface area contributed by atoms with E-state index < -0.39 is 0 Å². The molecular weight excluding hydrogens is 308 g/mol. The van der Waals surface area contributed by atoms with E-state index in [2.05, 4.69) is 20.7 Å². The molecule has 0 saturated carbocycles. The number of alkyl halides is 1. The molecule has 0 aliphatic carbocycles. The maximum absolute atomic E-state index is 11.2. The highest BCUT2D eigenvalue weighted by atomic mass is 79.9. The largest absolute Gasteiger partial charge is 0.493 e. The van der Waals surface area contributed by atoms with Crippen molar-refractivity contribution in [2.75, 3.05) is 19.0 Å².